The van der Waals surface area contributed by atoms with E-state index in [1.807, 2.05) is 26.0 Å². The van der Waals surface area contributed by atoms with Crippen molar-refractivity contribution in [1.82, 2.24) is 10.2 Å². The Labute approximate surface area is 272 Å². The third-order valence-corrected chi connectivity index (χ3v) is 8.18. The lowest BCUT2D eigenvalue weighted by Crippen LogP contribution is -2.43. The van der Waals surface area contributed by atoms with Gasteiger partial charge in [0, 0.05) is 51.7 Å². The van der Waals surface area contributed by atoms with Crippen LogP contribution in [0, 0.1) is 23.7 Å². The molecule has 11 heteroatoms. The van der Waals surface area contributed by atoms with Crippen molar-refractivity contribution in [1.29, 1.82) is 0 Å². The lowest BCUT2D eigenvalue weighted by atomic mass is 9.81. The Morgan fingerprint density at radius 1 is 1.02 bits per heavy atom. The van der Waals surface area contributed by atoms with Crippen molar-refractivity contribution in [2.45, 2.75) is 71.9 Å². The van der Waals surface area contributed by atoms with Crippen LogP contribution in [0.15, 0.2) is 18.2 Å². The molecule has 4 N–H and O–H groups in total. The number of nitrogens with two attached hydrogens (primary N) is 1. The Morgan fingerprint density at radius 3 is 2.33 bits per heavy atom. The van der Waals surface area contributed by atoms with Gasteiger partial charge in [-0.3, -0.25) is 9.69 Å². The molecule has 4 atom stereocenters. The molecule has 1 fully saturated rings. The van der Waals surface area contributed by atoms with E-state index in [0.717, 1.165) is 63.4 Å². The topological polar surface area (TPSA) is 116 Å². The van der Waals surface area contributed by atoms with Gasteiger partial charge in [-0.1, -0.05) is 33.8 Å². The van der Waals surface area contributed by atoms with E-state index in [-0.39, 0.29) is 48.5 Å². The number of methoxy groups -OCH3 is 2. The average Bonchev–Trinajstić information content (AvgIpc) is 2.96. The molecule has 0 spiro atoms. The van der Waals surface area contributed by atoms with E-state index in [9.17, 15) is 9.90 Å². The lowest BCUT2D eigenvalue weighted by Gasteiger charge is -2.30. The van der Waals surface area contributed by atoms with Gasteiger partial charge in [-0.25, -0.2) is 0 Å². The largest absolute Gasteiger partial charge is 0.493 e. The van der Waals surface area contributed by atoms with Crippen molar-refractivity contribution in [2.75, 3.05) is 66.8 Å². The molecule has 1 aliphatic heterocycles. The Bertz CT molecular complexity index is 874. The first kappa shape index (κ1) is 41.7. The molecule has 252 valence electrons. The van der Waals surface area contributed by atoms with Crippen LogP contribution >= 0.6 is 24.8 Å². The first-order valence-corrected chi connectivity index (χ1v) is 15.5. The van der Waals surface area contributed by atoms with Crippen molar-refractivity contribution in [3.8, 4) is 11.5 Å². The van der Waals surface area contributed by atoms with E-state index < -0.39 is 12.1 Å². The lowest BCUT2D eigenvalue weighted by molar-refractivity contribution is -0.127. The van der Waals surface area contributed by atoms with Crippen molar-refractivity contribution >= 4 is 30.7 Å². The summed E-state index contributed by atoms with van der Waals surface area (Å²) in [5.41, 5.74) is 7.72. The van der Waals surface area contributed by atoms with Gasteiger partial charge in [0.25, 0.3) is 0 Å². The first-order valence-electron chi connectivity index (χ1n) is 15.5. The summed E-state index contributed by atoms with van der Waals surface area (Å²) in [6.45, 7) is 14.7. The monoisotopic (exact) mass is 651 g/mol. The summed E-state index contributed by atoms with van der Waals surface area (Å²) in [6, 6.07) is 5.64. The molecular weight excluding hydrogens is 593 g/mol. The molecule has 0 radical (unpaired) electrons. The second-order valence-electron chi connectivity index (χ2n) is 12.0. The Morgan fingerprint density at radius 2 is 1.72 bits per heavy atom. The number of nitrogens with one attached hydrogen (secondary N) is 1. The van der Waals surface area contributed by atoms with Crippen LogP contribution in [0.2, 0.25) is 0 Å². The number of benzene rings is 1. The van der Waals surface area contributed by atoms with Crippen LogP contribution < -0.4 is 20.5 Å². The highest BCUT2D eigenvalue weighted by atomic mass is 35.5. The number of hydrogen-bond donors (Lipinski definition) is 3. The van der Waals surface area contributed by atoms with Gasteiger partial charge in [0.15, 0.2) is 11.5 Å². The Balaban J connectivity index is 0.00000882. The summed E-state index contributed by atoms with van der Waals surface area (Å²) in [5.74, 6) is 1.90. The molecule has 0 unspecified atom stereocenters. The number of rotatable bonds is 20. The molecule has 1 heterocycles. The van der Waals surface area contributed by atoms with Crippen molar-refractivity contribution in [3.63, 3.8) is 0 Å². The number of ether oxygens (including phenoxy) is 4. The van der Waals surface area contributed by atoms with E-state index in [4.69, 9.17) is 24.7 Å². The van der Waals surface area contributed by atoms with Crippen molar-refractivity contribution in [2.24, 2.45) is 29.4 Å². The molecule has 1 aromatic rings. The van der Waals surface area contributed by atoms with E-state index in [1.165, 1.54) is 0 Å². The zero-order valence-electron chi connectivity index (χ0n) is 27.2. The second-order valence-corrected chi connectivity index (χ2v) is 12.0. The molecular formula is C32H59Cl2N3O6. The number of nitrogens with zero attached hydrogens (tertiary/aromatic N) is 1. The maximum absolute atomic E-state index is 13.0. The molecule has 0 aromatic heterocycles. The summed E-state index contributed by atoms with van der Waals surface area (Å²) in [5, 5.41) is 14.2. The molecule has 0 aliphatic carbocycles. The smallest absolute Gasteiger partial charge is 0.223 e. The molecule has 1 aromatic carbocycles. The predicted molar refractivity (Wildman–Crippen MR) is 178 cm³/mol. The van der Waals surface area contributed by atoms with Gasteiger partial charge in [-0.15, -0.1) is 24.8 Å². The summed E-state index contributed by atoms with van der Waals surface area (Å²) in [4.78, 5) is 15.4. The summed E-state index contributed by atoms with van der Waals surface area (Å²) in [7, 11) is 3.33. The highest BCUT2D eigenvalue weighted by molar-refractivity contribution is 5.85. The van der Waals surface area contributed by atoms with Gasteiger partial charge in [0.05, 0.1) is 33.0 Å². The van der Waals surface area contributed by atoms with Crippen LogP contribution in [-0.4, -0.2) is 94.9 Å². The Hall–Kier alpha value is -1.33. The molecule has 9 nitrogen and oxygen atoms in total. The predicted octanol–water partition coefficient (Wildman–Crippen LogP) is 4.35. The number of halogens is 2. The minimum Gasteiger partial charge on any atom is -0.493 e. The second kappa shape index (κ2) is 23.1. The van der Waals surface area contributed by atoms with Crippen LogP contribution in [0.3, 0.4) is 0 Å². The SMILES string of the molecule is COCCCOc1cc(C[C@@H](C[C@H](N)[C@@H](O)C[C@H](C(=O)NCCCN2CCOCC2)C(C)C)C(C)C)ccc1OC.Cl.Cl. The Kier molecular flexibility index (Phi) is 22.4. The number of aliphatic hydroxyl groups is 1. The van der Waals surface area contributed by atoms with Crippen molar-refractivity contribution in [3.05, 3.63) is 23.8 Å². The van der Waals surface area contributed by atoms with Gasteiger partial charge in [0.1, 0.15) is 0 Å². The number of aliphatic hydroxyl groups excluding tert-OH is 1. The molecule has 1 saturated heterocycles. The van der Waals surface area contributed by atoms with Crippen LogP contribution in [-0.2, 0) is 20.7 Å². The average molecular weight is 653 g/mol. The molecule has 0 saturated carbocycles. The van der Waals surface area contributed by atoms with Crippen LogP contribution in [0.25, 0.3) is 0 Å². The summed E-state index contributed by atoms with van der Waals surface area (Å²) in [6.07, 6.45) is 2.79. The summed E-state index contributed by atoms with van der Waals surface area (Å²) < 4.78 is 22.0. The van der Waals surface area contributed by atoms with E-state index in [1.54, 1.807) is 14.2 Å². The quantitative estimate of drug-likeness (QED) is 0.178. The third-order valence-electron chi connectivity index (χ3n) is 8.18. The van der Waals surface area contributed by atoms with Gasteiger partial charge in [0.2, 0.25) is 5.91 Å². The number of carbonyl (C=O) groups excluding carboxylic acids is 1. The number of morpholine rings is 1. The highest BCUT2D eigenvalue weighted by Gasteiger charge is 2.29. The van der Waals surface area contributed by atoms with Crippen LogP contribution in [0.1, 0.15) is 58.9 Å². The normalized spacial score (nSPS) is 16.5. The van der Waals surface area contributed by atoms with Gasteiger partial charge >= 0.3 is 0 Å². The van der Waals surface area contributed by atoms with Gasteiger partial charge in [-0.05, 0) is 67.7 Å². The number of hydrogen-bond acceptors (Lipinski definition) is 8. The first-order chi connectivity index (χ1) is 19.7. The van der Waals surface area contributed by atoms with Crippen LogP contribution in [0.5, 0.6) is 11.5 Å². The number of carbonyl (C=O) groups is 1. The fourth-order valence-electron chi connectivity index (χ4n) is 5.33. The van der Waals surface area contributed by atoms with E-state index in [2.05, 4.69) is 30.1 Å². The van der Waals surface area contributed by atoms with Gasteiger partial charge in [-0.2, -0.15) is 0 Å². The minimum absolute atomic E-state index is 0. The molecule has 2 rings (SSSR count). The molecule has 43 heavy (non-hydrogen) atoms. The molecule has 0 bridgehead atoms. The van der Waals surface area contributed by atoms with E-state index >= 15 is 0 Å². The zero-order chi connectivity index (χ0) is 30.2. The molecule has 1 amide bonds. The van der Waals surface area contributed by atoms with E-state index in [0.29, 0.717) is 44.3 Å². The summed E-state index contributed by atoms with van der Waals surface area (Å²) >= 11 is 0. The molecule has 1 aliphatic rings. The fourth-order valence-corrected chi connectivity index (χ4v) is 5.33. The standard InChI is InChI=1S/C32H57N3O6.2ClH/c1-23(2)26(19-25-9-10-30(39-6)31(20-25)41-16-8-15-38-5)21-28(33)29(36)22-27(24(3)4)32(37)34-11-7-12-35-13-17-40-18-14-35;;/h9-10,20,23-24,26-29,36H,7-8,11-19,21-22,33H2,1-6H3,(H,34,37);2*1H/t26-,27-,28-,29-;;/m0../s1. The van der Waals surface area contributed by atoms with Gasteiger partial charge < -0.3 is 35.1 Å². The van der Waals surface area contributed by atoms with Crippen molar-refractivity contribution < 1.29 is 28.8 Å². The minimum atomic E-state index is -0.752. The maximum atomic E-state index is 13.0. The number of amides is 1. The van der Waals surface area contributed by atoms with Crippen LogP contribution in [0.4, 0.5) is 0 Å². The third kappa shape index (κ3) is 15.5. The maximum Gasteiger partial charge on any atom is 0.223 e. The zero-order valence-corrected chi connectivity index (χ0v) is 28.9. The highest BCUT2D eigenvalue weighted by Crippen LogP contribution is 2.31. The fraction of sp³-hybridized carbons (Fsp3) is 0.781.